The van der Waals surface area contributed by atoms with Gasteiger partial charge in [0.2, 0.25) is 0 Å². The maximum atomic E-state index is 5.92. The minimum Gasteiger partial charge on any atom is -0.330 e. The van der Waals surface area contributed by atoms with Crippen molar-refractivity contribution in [3.63, 3.8) is 0 Å². The van der Waals surface area contributed by atoms with Crippen LogP contribution in [0, 0.1) is 58.2 Å². The summed E-state index contributed by atoms with van der Waals surface area (Å²) < 4.78 is 0. The average Bonchev–Trinajstić information content (AvgIpc) is 3.05. The Morgan fingerprint density at radius 3 is 2.30 bits per heavy atom. The summed E-state index contributed by atoms with van der Waals surface area (Å²) in [6.45, 7) is 13.8. The van der Waals surface area contributed by atoms with E-state index in [4.69, 9.17) is 5.73 Å². The van der Waals surface area contributed by atoms with Crippen molar-refractivity contribution in [3.05, 3.63) is 0 Å². The summed E-state index contributed by atoms with van der Waals surface area (Å²) in [5, 5.41) is 0. The number of nitrogens with two attached hydrogens (primary N) is 1. The zero-order valence-corrected chi connectivity index (χ0v) is 21.1. The SMILES string of the molecule is CC(C)CCC[C@@H](C)[C@H]1CCC2C3CCC4C[C@@H](CCN)CC[C@]4(C)C3CC[C@@]21C. The highest BCUT2D eigenvalue weighted by Crippen LogP contribution is 2.68. The molecule has 1 nitrogen and oxygen atoms in total. The highest BCUT2D eigenvalue weighted by atomic mass is 14.7. The molecule has 0 amide bonds. The molecule has 4 saturated carbocycles. The minimum absolute atomic E-state index is 0.649. The molecule has 0 radical (unpaired) electrons. The molecular weight excluding hydrogens is 362 g/mol. The van der Waals surface area contributed by atoms with Crippen molar-refractivity contribution < 1.29 is 0 Å². The van der Waals surface area contributed by atoms with E-state index < -0.39 is 0 Å². The van der Waals surface area contributed by atoms with E-state index >= 15 is 0 Å². The van der Waals surface area contributed by atoms with Gasteiger partial charge >= 0.3 is 0 Å². The first kappa shape index (κ1) is 23.1. The smallest absolute Gasteiger partial charge is 0.00746 e. The first-order valence-electron chi connectivity index (χ1n) is 14.0. The van der Waals surface area contributed by atoms with Gasteiger partial charge in [-0.2, -0.15) is 0 Å². The molecule has 0 heterocycles. The van der Waals surface area contributed by atoms with Crippen molar-refractivity contribution in [1.82, 2.24) is 0 Å². The van der Waals surface area contributed by atoms with Crippen molar-refractivity contribution >= 4 is 0 Å². The van der Waals surface area contributed by atoms with Gasteiger partial charge in [-0.15, -0.1) is 0 Å². The molecule has 4 rings (SSSR count). The zero-order valence-electron chi connectivity index (χ0n) is 21.1. The lowest BCUT2D eigenvalue weighted by atomic mass is 9.44. The summed E-state index contributed by atoms with van der Waals surface area (Å²) >= 11 is 0. The maximum Gasteiger partial charge on any atom is -0.00746 e. The molecule has 0 bridgehead atoms. The lowest BCUT2D eigenvalue weighted by Gasteiger charge is -2.61. The first-order valence-corrected chi connectivity index (χ1v) is 14.0. The lowest BCUT2D eigenvalue weighted by molar-refractivity contribution is -0.121. The Labute approximate surface area is 188 Å². The molecule has 4 fully saturated rings. The third kappa shape index (κ3) is 4.04. The van der Waals surface area contributed by atoms with E-state index in [0.717, 1.165) is 53.9 Å². The van der Waals surface area contributed by atoms with Crippen LogP contribution in [-0.2, 0) is 0 Å². The van der Waals surface area contributed by atoms with Crippen LogP contribution in [0.15, 0.2) is 0 Å². The highest BCUT2D eigenvalue weighted by molar-refractivity contribution is 5.09. The predicted molar refractivity (Wildman–Crippen MR) is 130 cm³/mol. The molecule has 4 aliphatic rings. The molecule has 0 saturated heterocycles. The number of rotatable bonds is 7. The molecule has 0 aromatic carbocycles. The van der Waals surface area contributed by atoms with Crippen LogP contribution >= 0.6 is 0 Å². The fourth-order valence-electron chi connectivity index (χ4n) is 9.87. The van der Waals surface area contributed by atoms with Crippen LogP contribution in [0.2, 0.25) is 0 Å². The highest BCUT2D eigenvalue weighted by Gasteiger charge is 2.60. The van der Waals surface area contributed by atoms with Crippen molar-refractivity contribution in [2.24, 2.45) is 63.9 Å². The Hall–Kier alpha value is -0.0400. The van der Waals surface area contributed by atoms with E-state index in [1.165, 1.54) is 64.2 Å². The van der Waals surface area contributed by atoms with E-state index in [0.29, 0.717) is 10.8 Å². The molecule has 0 aromatic heterocycles. The second kappa shape index (κ2) is 9.07. The Morgan fingerprint density at radius 2 is 1.57 bits per heavy atom. The Balaban J connectivity index is 1.43. The van der Waals surface area contributed by atoms with Crippen LogP contribution in [0.5, 0.6) is 0 Å². The van der Waals surface area contributed by atoms with Gasteiger partial charge in [-0.05, 0) is 129 Å². The predicted octanol–water partition coefficient (Wildman–Crippen LogP) is 8.07. The Morgan fingerprint density at radius 1 is 0.833 bits per heavy atom. The van der Waals surface area contributed by atoms with Gasteiger partial charge in [0.1, 0.15) is 0 Å². The molecule has 4 aliphatic carbocycles. The van der Waals surface area contributed by atoms with Gasteiger partial charge in [0.05, 0.1) is 0 Å². The topological polar surface area (TPSA) is 26.0 Å². The van der Waals surface area contributed by atoms with E-state index in [9.17, 15) is 0 Å². The average molecular weight is 416 g/mol. The molecule has 2 N–H and O–H groups in total. The minimum atomic E-state index is 0.649. The van der Waals surface area contributed by atoms with Gasteiger partial charge in [0, 0.05) is 0 Å². The second-order valence-corrected chi connectivity index (χ2v) is 13.4. The molecule has 1 heteroatoms. The van der Waals surface area contributed by atoms with Crippen LogP contribution in [0.3, 0.4) is 0 Å². The first-order chi connectivity index (χ1) is 14.3. The third-order valence-electron chi connectivity index (χ3n) is 11.6. The maximum absolute atomic E-state index is 5.92. The molecule has 4 unspecified atom stereocenters. The summed E-state index contributed by atoms with van der Waals surface area (Å²) in [7, 11) is 0. The molecule has 174 valence electrons. The van der Waals surface area contributed by atoms with Gasteiger partial charge in [-0.25, -0.2) is 0 Å². The molecule has 9 atom stereocenters. The molecule has 30 heavy (non-hydrogen) atoms. The summed E-state index contributed by atoms with van der Waals surface area (Å²) in [5.74, 6) is 7.85. The van der Waals surface area contributed by atoms with Gasteiger partial charge in [-0.3, -0.25) is 0 Å². The normalized spacial score (nSPS) is 46.9. The molecule has 0 aliphatic heterocycles. The summed E-state index contributed by atoms with van der Waals surface area (Å²) in [4.78, 5) is 0. The van der Waals surface area contributed by atoms with Crippen LogP contribution < -0.4 is 5.73 Å². The molecular formula is C29H53N. The zero-order chi connectivity index (χ0) is 21.5. The summed E-state index contributed by atoms with van der Waals surface area (Å²) in [6, 6.07) is 0. The standard InChI is InChI=1S/C29H53N/c1-20(2)7-6-8-21(3)25-11-12-26-24-10-9-23-19-22(15-18-30)13-16-28(23,4)27(24)14-17-29(25,26)5/h20-27H,6-19,30H2,1-5H3/t21-,22-,23?,24?,25-,26?,27?,28+,29-/m1/s1. The Kier molecular flexibility index (Phi) is 6.99. The van der Waals surface area contributed by atoms with E-state index in [1.54, 1.807) is 19.3 Å². The summed E-state index contributed by atoms with van der Waals surface area (Å²) in [6.07, 6.45) is 19.3. The van der Waals surface area contributed by atoms with Gasteiger partial charge < -0.3 is 5.73 Å². The van der Waals surface area contributed by atoms with Crippen molar-refractivity contribution in [2.45, 2.75) is 118 Å². The van der Waals surface area contributed by atoms with Gasteiger partial charge in [0.15, 0.2) is 0 Å². The quantitative estimate of drug-likeness (QED) is 0.447. The van der Waals surface area contributed by atoms with Gasteiger partial charge in [0.25, 0.3) is 0 Å². The van der Waals surface area contributed by atoms with Crippen LogP contribution in [0.25, 0.3) is 0 Å². The van der Waals surface area contributed by atoms with E-state index in [-0.39, 0.29) is 0 Å². The van der Waals surface area contributed by atoms with E-state index in [1.807, 2.05) is 0 Å². The van der Waals surface area contributed by atoms with Gasteiger partial charge in [-0.1, -0.05) is 53.9 Å². The fraction of sp³-hybridized carbons (Fsp3) is 1.00. The third-order valence-corrected chi connectivity index (χ3v) is 11.6. The van der Waals surface area contributed by atoms with Crippen LogP contribution in [0.1, 0.15) is 118 Å². The van der Waals surface area contributed by atoms with Crippen molar-refractivity contribution in [2.75, 3.05) is 6.54 Å². The van der Waals surface area contributed by atoms with E-state index in [2.05, 4.69) is 34.6 Å². The fourth-order valence-corrected chi connectivity index (χ4v) is 9.87. The monoisotopic (exact) mass is 415 g/mol. The molecule has 0 aromatic rings. The van der Waals surface area contributed by atoms with Crippen LogP contribution in [-0.4, -0.2) is 6.54 Å². The number of hydrogen-bond donors (Lipinski definition) is 1. The summed E-state index contributed by atoms with van der Waals surface area (Å²) in [5.41, 5.74) is 7.22. The number of hydrogen-bond acceptors (Lipinski definition) is 1. The lowest BCUT2D eigenvalue weighted by Crippen LogP contribution is -2.53. The molecule has 0 spiro atoms. The number of fused-ring (bicyclic) bond motifs is 5. The largest absolute Gasteiger partial charge is 0.330 e. The van der Waals surface area contributed by atoms with Crippen molar-refractivity contribution in [3.8, 4) is 0 Å². The van der Waals surface area contributed by atoms with Crippen LogP contribution in [0.4, 0.5) is 0 Å². The second-order valence-electron chi connectivity index (χ2n) is 13.4. The van der Waals surface area contributed by atoms with Crippen molar-refractivity contribution in [1.29, 1.82) is 0 Å². The Bertz CT molecular complexity index is 569.